The molecule has 2 aromatic rings. The van der Waals surface area contributed by atoms with Gasteiger partial charge >= 0.3 is 6.03 Å². The number of amides is 2. The Bertz CT molecular complexity index is 679. The molecule has 23 heavy (non-hydrogen) atoms. The summed E-state index contributed by atoms with van der Waals surface area (Å²) >= 11 is 5.94. The number of hydrogen-bond donors (Lipinski definition) is 1. The summed E-state index contributed by atoms with van der Waals surface area (Å²) in [4.78, 5) is 16.5. The molecule has 0 spiro atoms. The largest absolute Gasteiger partial charge is 0.368 e. The van der Waals surface area contributed by atoms with E-state index in [0.29, 0.717) is 18.1 Å². The number of nitrogens with zero attached hydrogens (tertiary/aromatic N) is 2. The number of carbonyl (C=O) groups excluding carboxylic acids is 1. The molecule has 5 heteroatoms. The molecule has 120 valence electrons. The molecule has 2 amide bonds. The van der Waals surface area contributed by atoms with Crippen LogP contribution in [0.4, 0.5) is 16.2 Å². The standard InChI is InChI=1S/C18H20ClN3O/c1-14-5-7-17(8-6-14)21-9-11-22(12-10-21)18(23)20-16-4-2-3-15(19)13-16/h2-8,13H,9-12H2,1H3,(H,20,23). The van der Waals surface area contributed by atoms with Crippen molar-refractivity contribution in [3.8, 4) is 0 Å². The van der Waals surface area contributed by atoms with Crippen LogP contribution >= 0.6 is 11.6 Å². The molecule has 2 aromatic carbocycles. The van der Waals surface area contributed by atoms with E-state index in [2.05, 4.69) is 41.4 Å². The minimum atomic E-state index is -0.0733. The minimum Gasteiger partial charge on any atom is -0.368 e. The van der Waals surface area contributed by atoms with E-state index in [1.165, 1.54) is 11.3 Å². The van der Waals surface area contributed by atoms with Crippen LogP contribution in [0.25, 0.3) is 0 Å². The van der Waals surface area contributed by atoms with Gasteiger partial charge in [0, 0.05) is 42.6 Å². The lowest BCUT2D eigenvalue weighted by Gasteiger charge is -2.36. The molecule has 1 aliphatic rings. The average molecular weight is 330 g/mol. The van der Waals surface area contributed by atoms with E-state index < -0.39 is 0 Å². The van der Waals surface area contributed by atoms with Crippen molar-refractivity contribution in [2.24, 2.45) is 0 Å². The normalized spacial score (nSPS) is 14.7. The Labute approximate surface area is 141 Å². The van der Waals surface area contributed by atoms with Gasteiger partial charge in [-0.25, -0.2) is 4.79 Å². The number of carbonyl (C=O) groups is 1. The van der Waals surface area contributed by atoms with Crippen LogP contribution in [0, 0.1) is 6.92 Å². The van der Waals surface area contributed by atoms with Crippen molar-refractivity contribution < 1.29 is 4.79 Å². The fourth-order valence-electron chi connectivity index (χ4n) is 2.69. The van der Waals surface area contributed by atoms with E-state index in [1.54, 1.807) is 12.1 Å². The highest BCUT2D eigenvalue weighted by Gasteiger charge is 2.21. The first-order chi connectivity index (χ1) is 11.1. The van der Waals surface area contributed by atoms with Gasteiger partial charge in [-0.3, -0.25) is 0 Å². The Morgan fingerprint density at radius 1 is 1.04 bits per heavy atom. The molecule has 0 unspecified atom stereocenters. The summed E-state index contributed by atoms with van der Waals surface area (Å²) in [7, 11) is 0. The topological polar surface area (TPSA) is 35.6 Å². The number of rotatable bonds is 2. The lowest BCUT2D eigenvalue weighted by atomic mass is 10.2. The van der Waals surface area contributed by atoms with Gasteiger partial charge < -0.3 is 15.1 Å². The van der Waals surface area contributed by atoms with Crippen molar-refractivity contribution in [3.63, 3.8) is 0 Å². The molecule has 0 aromatic heterocycles. The Morgan fingerprint density at radius 2 is 1.74 bits per heavy atom. The number of aryl methyl sites for hydroxylation is 1. The molecule has 0 aliphatic carbocycles. The van der Waals surface area contributed by atoms with Crippen LogP contribution in [-0.4, -0.2) is 37.1 Å². The number of anilines is 2. The summed E-state index contributed by atoms with van der Waals surface area (Å²) < 4.78 is 0. The van der Waals surface area contributed by atoms with Crippen molar-refractivity contribution in [3.05, 3.63) is 59.1 Å². The van der Waals surface area contributed by atoms with Crippen LogP contribution in [0.2, 0.25) is 5.02 Å². The molecule has 1 fully saturated rings. The number of urea groups is 1. The van der Waals surface area contributed by atoms with Crippen molar-refractivity contribution in [1.82, 2.24) is 4.90 Å². The van der Waals surface area contributed by atoms with Gasteiger partial charge in [0.1, 0.15) is 0 Å². The maximum atomic E-state index is 12.3. The zero-order valence-corrected chi connectivity index (χ0v) is 13.9. The fourth-order valence-corrected chi connectivity index (χ4v) is 2.88. The van der Waals surface area contributed by atoms with Gasteiger partial charge in [0.25, 0.3) is 0 Å². The molecular formula is C18H20ClN3O. The monoisotopic (exact) mass is 329 g/mol. The third-order valence-corrected chi connectivity index (χ3v) is 4.28. The molecule has 0 saturated carbocycles. The molecule has 4 nitrogen and oxygen atoms in total. The summed E-state index contributed by atoms with van der Waals surface area (Å²) in [6.45, 7) is 5.18. The van der Waals surface area contributed by atoms with Crippen LogP contribution in [0.5, 0.6) is 0 Å². The van der Waals surface area contributed by atoms with Crippen molar-refractivity contribution >= 4 is 29.0 Å². The molecule has 0 bridgehead atoms. The maximum Gasteiger partial charge on any atom is 0.321 e. The Balaban J connectivity index is 1.56. The summed E-state index contributed by atoms with van der Waals surface area (Å²) in [5, 5.41) is 3.52. The lowest BCUT2D eigenvalue weighted by molar-refractivity contribution is 0.208. The van der Waals surface area contributed by atoms with E-state index in [9.17, 15) is 4.79 Å². The highest BCUT2D eigenvalue weighted by molar-refractivity contribution is 6.30. The fraction of sp³-hybridized carbons (Fsp3) is 0.278. The molecule has 0 radical (unpaired) electrons. The quantitative estimate of drug-likeness (QED) is 0.903. The summed E-state index contributed by atoms with van der Waals surface area (Å²) in [6, 6.07) is 15.6. The summed E-state index contributed by atoms with van der Waals surface area (Å²) in [5.74, 6) is 0. The molecule has 3 rings (SSSR count). The Hall–Kier alpha value is -2.20. The van der Waals surface area contributed by atoms with Crippen LogP contribution in [0.15, 0.2) is 48.5 Å². The predicted molar refractivity (Wildman–Crippen MR) is 95.4 cm³/mol. The predicted octanol–water partition coefficient (Wildman–Crippen LogP) is 4.00. The van der Waals surface area contributed by atoms with E-state index in [0.717, 1.165) is 18.8 Å². The van der Waals surface area contributed by atoms with Gasteiger partial charge in [-0.15, -0.1) is 0 Å². The zero-order valence-electron chi connectivity index (χ0n) is 13.1. The van der Waals surface area contributed by atoms with Gasteiger partial charge in [-0.05, 0) is 37.3 Å². The zero-order chi connectivity index (χ0) is 16.2. The van der Waals surface area contributed by atoms with Crippen molar-refractivity contribution in [2.75, 3.05) is 36.4 Å². The molecule has 1 N–H and O–H groups in total. The van der Waals surface area contributed by atoms with Crippen LogP contribution < -0.4 is 10.2 Å². The van der Waals surface area contributed by atoms with Gasteiger partial charge in [-0.1, -0.05) is 35.4 Å². The summed E-state index contributed by atoms with van der Waals surface area (Å²) in [6.07, 6.45) is 0. The van der Waals surface area contributed by atoms with E-state index in [1.807, 2.05) is 17.0 Å². The first-order valence-electron chi connectivity index (χ1n) is 7.75. The second-order valence-corrected chi connectivity index (χ2v) is 6.19. The SMILES string of the molecule is Cc1ccc(N2CCN(C(=O)Nc3cccc(Cl)c3)CC2)cc1. The second-order valence-electron chi connectivity index (χ2n) is 5.75. The molecule has 1 heterocycles. The molecule has 1 saturated heterocycles. The van der Waals surface area contributed by atoms with Crippen LogP contribution in [0.3, 0.4) is 0 Å². The van der Waals surface area contributed by atoms with Gasteiger partial charge in [0.05, 0.1) is 0 Å². The number of benzene rings is 2. The first-order valence-corrected chi connectivity index (χ1v) is 8.13. The molecule has 1 aliphatic heterocycles. The maximum absolute atomic E-state index is 12.3. The average Bonchev–Trinajstić information content (AvgIpc) is 2.56. The third kappa shape index (κ3) is 3.96. The van der Waals surface area contributed by atoms with E-state index in [-0.39, 0.29) is 6.03 Å². The van der Waals surface area contributed by atoms with Crippen molar-refractivity contribution in [1.29, 1.82) is 0 Å². The Morgan fingerprint density at radius 3 is 2.39 bits per heavy atom. The number of halogens is 1. The summed E-state index contributed by atoms with van der Waals surface area (Å²) in [5.41, 5.74) is 3.20. The smallest absolute Gasteiger partial charge is 0.321 e. The Kier molecular flexibility index (Phi) is 4.72. The first kappa shape index (κ1) is 15.7. The number of piperazine rings is 1. The van der Waals surface area contributed by atoms with E-state index >= 15 is 0 Å². The highest BCUT2D eigenvalue weighted by Crippen LogP contribution is 2.18. The van der Waals surface area contributed by atoms with Gasteiger partial charge in [-0.2, -0.15) is 0 Å². The number of nitrogens with one attached hydrogen (secondary N) is 1. The molecular weight excluding hydrogens is 310 g/mol. The second kappa shape index (κ2) is 6.92. The number of hydrogen-bond acceptors (Lipinski definition) is 2. The van der Waals surface area contributed by atoms with Crippen LogP contribution in [-0.2, 0) is 0 Å². The van der Waals surface area contributed by atoms with Crippen molar-refractivity contribution in [2.45, 2.75) is 6.92 Å². The highest BCUT2D eigenvalue weighted by atomic mass is 35.5. The molecule has 0 atom stereocenters. The van der Waals surface area contributed by atoms with E-state index in [4.69, 9.17) is 11.6 Å². The van der Waals surface area contributed by atoms with Gasteiger partial charge in [0.15, 0.2) is 0 Å². The minimum absolute atomic E-state index is 0.0733. The third-order valence-electron chi connectivity index (χ3n) is 4.04. The lowest BCUT2D eigenvalue weighted by Crippen LogP contribution is -2.50. The van der Waals surface area contributed by atoms with Crippen LogP contribution in [0.1, 0.15) is 5.56 Å². The van der Waals surface area contributed by atoms with Gasteiger partial charge in [0.2, 0.25) is 0 Å².